The first kappa shape index (κ1) is 14.5. The van der Waals surface area contributed by atoms with Crippen LogP contribution in [0.1, 0.15) is 37.1 Å². The van der Waals surface area contributed by atoms with Crippen molar-refractivity contribution in [2.24, 2.45) is 18.7 Å². The zero-order valence-corrected chi connectivity index (χ0v) is 13.0. The number of carbonyl (C=O) groups excluding carboxylic acids is 1. The Balaban J connectivity index is 1.85. The summed E-state index contributed by atoms with van der Waals surface area (Å²) in [4.78, 5) is 11.1. The van der Waals surface area contributed by atoms with E-state index in [4.69, 9.17) is 5.73 Å². The third kappa shape index (κ3) is 3.36. The first-order chi connectivity index (χ1) is 8.99. The van der Waals surface area contributed by atoms with Crippen LogP contribution in [0.2, 0.25) is 0 Å². The van der Waals surface area contributed by atoms with Crippen molar-refractivity contribution in [3.8, 4) is 0 Å². The van der Waals surface area contributed by atoms with Gasteiger partial charge in [0, 0.05) is 25.6 Å². The number of carbonyl (C=O) groups is 1. The summed E-state index contributed by atoms with van der Waals surface area (Å²) >= 11 is 3.57. The third-order valence-electron chi connectivity index (χ3n) is 3.95. The Hall–Kier alpha value is -0.880. The van der Waals surface area contributed by atoms with E-state index in [9.17, 15) is 4.79 Å². The van der Waals surface area contributed by atoms with Crippen molar-refractivity contribution in [1.82, 2.24) is 15.1 Å². The van der Waals surface area contributed by atoms with Crippen molar-refractivity contribution in [2.75, 3.05) is 0 Å². The molecule has 1 amide bonds. The number of nitrogens with two attached hydrogens (primary N) is 1. The second-order valence-electron chi connectivity index (χ2n) is 5.30. The minimum absolute atomic E-state index is 0.0729. The summed E-state index contributed by atoms with van der Waals surface area (Å²) < 4.78 is 2.98. The van der Waals surface area contributed by atoms with Crippen LogP contribution in [0.3, 0.4) is 0 Å². The minimum atomic E-state index is -0.150. The molecule has 0 atom stereocenters. The maximum Gasteiger partial charge on any atom is 0.220 e. The van der Waals surface area contributed by atoms with Crippen LogP contribution in [0.5, 0.6) is 0 Å². The molecule has 1 saturated carbocycles. The van der Waals surface area contributed by atoms with E-state index in [1.54, 1.807) is 0 Å². The smallest absolute Gasteiger partial charge is 0.220 e. The number of halogens is 1. The average molecular weight is 329 g/mol. The molecular formula is C13H21BrN4O. The zero-order valence-electron chi connectivity index (χ0n) is 11.4. The molecule has 0 aliphatic heterocycles. The van der Waals surface area contributed by atoms with E-state index >= 15 is 0 Å². The normalized spacial score (nSPS) is 23.5. The van der Waals surface area contributed by atoms with E-state index < -0.39 is 0 Å². The predicted octanol–water partition coefficient (Wildman–Crippen LogP) is 1.62. The molecule has 0 spiro atoms. The summed E-state index contributed by atoms with van der Waals surface area (Å²) in [7, 11) is 1.96. The Labute approximate surface area is 122 Å². The van der Waals surface area contributed by atoms with E-state index in [0.717, 1.165) is 48.1 Å². The van der Waals surface area contributed by atoms with Crippen LogP contribution < -0.4 is 11.1 Å². The lowest BCUT2D eigenvalue weighted by Crippen LogP contribution is -2.36. The van der Waals surface area contributed by atoms with Crippen molar-refractivity contribution in [3.05, 3.63) is 15.9 Å². The van der Waals surface area contributed by atoms with Gasteiger partial charge in [-0.2, -0.15) is 5.10 Å². The second kappa shape index (κ2) is 6.05. The molecule has 19 heavy (non-hydrogen) atoms. The molecule has 0 saturated heterocycles. The topological polar surface area (TPSA) is 72.9 Å². The van der Waals surface area contributed by atoms with Gasteiger partial charge in [0.1, 0.15) is 0 Å². The van der Waals surface area contributed by atoms with Gasteiger partial charge >= 0.3 is 0 Å². The van der Waals surface area contributed by atoms with E-state index in [-0.39, 0.29) is 11.8 Å². The molecule has 2 rings (SSSR count). The number of aryl methyl sites for hydroxylation is 2. The van der Waals surface area contributed by atoms with Gasteiger partial charge in [-0.1, -0.05) is 0 Å². The minimum Gasteiger partial charge on any atom is -0.369 e. The molecule has 1 aromatic rings. The summed E-state index contributed by atoms with van der Waals surface area (Å²) in [5.41, 5.74) is 7.52. The lowest BCUT2D eigenvalue weighted by atomic mass is 9.85. The molecule has 5 nitrogen and oxygen atoms in total. The summed E-state index contributed by atoms with van der Waals surface area (Å²) in [6.45, 7) is 2.79. The SMILES string of the molecule is Cc1nn(C)c(CNC2CCC(C(N)=O)CC2)c1Br. The standard InChI is InChI=1S/C13H21BrN4O/c1-8-12(14)11(18(2)17-8)7-16-10-5-3-9(4-6-10)13(15)19/h9-10,16H,3-7H2,1-2H3,(H2,15,19). The second-order valence-corrected chi connectivity index (χ2v) is 6.09. The summed E-state index contributed by atoms with van der Waals surface area (Å²) in [5.74, 6) is -0.0767. The fourth-order valence-electron chi connectivity index (χ4n) is 2.70. The van der Waals surface area contributed by atoms with Gasteiger partial charge in [-0.25, -0.2) is 0 Å². The number of hydrogen-bond donors (Lipinski definition) is 2. The Kier molecular flexibility index (Phi) is 4.62. The van der Waals surface area contributed by atoms with Crippen LogP contribution in [0.25, 0.3) is 0 Å². The molecule has 0 bridgehead atoms. The molecule has 6 heteroatoms. The maximum absolute atomic E-state index is 11.1. The highest BCUT2D eigenvalue weighted by molar-refractivity contribution is 9.10. The summed E-state index contributed by atoms with van der Waals surface area (Å²) in [5, 5.41) is 7.93. The van der Waals surface area contributed by atoms with Gasteiger partial charge in [0.2, 0.25) is 5.91 Å². The molecule has 1 aliphatic rings. The molecule has 1 aromatic heterocycles. The van der Waals surface area contributed by atoms with Crippen molar-refractivity contribution in [2.45, 2.75) is 45.2 Å². The van der Waals surface area contributed by atoms with Gasteiger partial charge in [0.25, 0.3) is 0 Å². The predicted molar refractivity (Wildman–Crippen MR) is 77.4 cm³/mol. The van der Waals surface area contributed by atoms with Crippen molar-refractivity contribution >= 4 is 21.8 Å². The number of hydrogen-bond acceptors (Lipinski definition) is 3. The zero-order chi connectivity index (χ0) is 14.0. The Morgan fingerprint density at radius 2 is 2.11 bits per heavy atom. The lowest BCUT2D eigenvalue weighted by Gasteiger charge is -2.27. The quantitative estimate of drug-likeness (QED) is 0.882. The van der Waals surface area contributed by atoms with E-state index in [1.807, 2.05) is 18.7 Å². The molecule has 1 aliphatic carbocycles. The highest BCUT2D eigenvalue weighted by Crippen LogP contribution is 2.25. The van der Waals surface area contributed by atoms with Gasteiger partial charge in [-0.3, -0.25) is 9.48 Å². The molecule has 0 aromatic carbocycles. The molecule has 1 fully saturated rings. The molecule has 3 N–H and O–H groups in total. The number of nitrogens with one attached hydrogen (secondary N) is 1. The number of aromatic nitrogens is 2. The fourth-order valence-corrected chi connectivity index (χ4v) is 3.17. The number of rotatable bonds is 4. The molecular weight excluding hydrogens is 308 g/mol. The number of primary amides is 1. The van der Waals surface area contributed by atoms with Crippen LogP contribution in [-0.4, -0.2) is 21.7 Å². The lowest BCUT2D eigenvalue weighted by molar-refractivity contribution is -0.122. The van der Waals surface area contributed by atoms with Gasteiger partial charge in [-0.15, -0.1) is 0 Å². The van der Waals surface area contributed by atoms with Crippen LogP contribution in [0, 0.1) is 12.8 Å². The fraction of sp³-hybridized carbons (Fsp3) is 0.692. The van der Waals surface area contributed by atoms with E-state index in [2.05, 4.69) is 26.3 Å². The van der Waals surface area contributed by atoms with Gasteiger partial charge < -0.3 is 11.1 Å². The van der Waals surface area contributed by atoms with Crippen molar-refractivity contribution in [3.63, 3.8) is 0 Å². The first-order valence-electron chi connectivity index (χ1n) is 6.69. The van der Waals surface area contributed by atoms with Crippen LogP contribution >= 0.6 is 15.9 Å². The van der Waals surface area contributed by atoms with Crippen LogP contribution in [0.4, 0.5) is 0 Å². The largest absolute Gasteiger partial charge is 0.369 e. The molecule has 0 radical (unpaired) electrons. The monoisotopic (exact) mass is 328 g/mol. The molecule has 106 valence electrons. The third-order valence-corrected chi connectivity index (χ3v) is 4.98. The average Bonchev–Trinajstić information content (AvgIpc) is 2.62. The Morgan fingerprint density at radius 1 is 1.47 bits per heavy atom. The van der Waals surface area contributed by atoms with Crippen molar-refractivity contribution in [1.29, 1.82) is 0 Å². The van der Waals surface area contributed by atoms with Crippen molar-refractivity contribution < 1.29 is 4.79 Å². The number of nitrogens with zero attached hydrogens (tertiary/aromatic N) is 2. The Morgan fingerprint density at radius 3 is 2.58 bits per heavy atom. The van der Waals surface area contributed by atoms with Crippen LogP contribution in [0.15, 0.2) is 4.47 Å². The van der Waals surface area contributed by atoms with E-state index in [0.29, 0.717) is 6.04 Å². The van der Waals surface area contributed by atoms with E-state index in [1.165, 1.54) is 0 Å². The first-order valence-corrected chi connectivity index (χ1v) is 7.49. The number of amides is 1. The maximum atomic E-state index is 11.1. The highest BCUT2D eigenvalue weighted by Gasteiger charge is 2.24. The van der Waals surface area contributed by atoms with Gasteiger partial charge in [0.15, 0.2) is 0 Å². The summed E-state index contributed by atoms with van der Waals surface area (Å²) in [6, 6.07) is 0.470. The Bertz CT molecular complexity index is 463. The van der Waals surface area contributed by atoms with Gasteiger partial charge in [0.05, 0.1) is 15.9 Å². The van der Waals surface area contributed by atoms with Crippen LogP contribution in [-0.2, 0) is 18.4 Å². The molecule has 0 unspecified atom stereocenters. The molecule has 1 heterocycles. The van der Waals surface area contributed by atoms with Gasteiger partial charge in [-0.05, 0) is 48.5 Å². The highest BCUT2D eigenvalue weighted by atomic mass is 79.9. The summed E-state index contributed by atoms with van der Waals surface area (Å²) in [6.07, 6.45) is 3.83.